The molecule has 2 aromatic rings. The van der Waals surface area contributed by atoms with E-state index in [4.69, 9.17) is 4.74 Å². The number of thiol groups is 1. The molecule has 0 bridgehead atoms. The van der Waals surface area contributed by atoms with Crippen molar-refractivity contribution in [2.45, 2.75) is 75.6 Å². The van der Waals surface area contributed by atoms with Crippen LogP contribution in [0.4, 0.5) is 14.9 Å². The Hall–Kier alpha value is -2.42. The molecule has 1 unspecified atom stereocenters. The number of nitrogens with one attached hydrogen (secondary N) is 1. The summed E-state index contributed by atoms with van der Waals surface area (Å²) in [5, 5.41) is 7.06. The molecule has 3 atom stereocenters. The van der Waals surface area contributed by atoms with Crippen LogP contribution in [-0.4, -0.2) is 31.8 Å². The van der Waals surface area contributed by atoms with Gasteiger partial charge in [-0.3, -0.25) is 0 Å². The van der Waals surface area contributed by atoms with Crippen molar-refractivity contribution >= 4 is 22.3 Å². The monoisotopic (exact) mass is 432 g/mol. The average Bonchev–Trinajstić information content (AvgIpc) is 3.44. The Labute approximate surface area is 176 Å². The van der Waals surface area contributed by atoms with Gasteiger partial charge >= 0.3 is 6.03 Å². The van der Waals surface area contributed by atoms with Gasteiger partial charge in [-0.1, -0.05) is 13.0 Å². The number of nitrogens with zero attached hydrogens (tertiary/aromatic N) is 3. The highest BCUT2D eigenvalue weighted by atomic mass is 32.2. The van der Waals surface area contributed by atoms with Gasteiger partial charge in [-0.15, -0.1) is 4.36 Å². The van der Waals surface area contributed by atoms with Crippen molar-refractivity contribution in [1.29, 1.82) is 0 Å². The van der Waals surface area contributed by atoms with Crippen molar-refractivity contribution in [3.8, 4) is 5.88 Å². The maximum atomic E-state index is 14.0. The van der Waals surface area contributed by atoms with Crippen molar-refractivity contribution in [1.82, 2.24) is 9.78 Å². The highest BCUT2D eigenvalue weighted by molar-refractivity contribution is 7.75. The molecule has 7 nitrogen and oxygen atoms in total. The number of alkyl halides is 1. The van der Waals surface area contributed by atoms with E-state index in [1.165, 1.54) is 11.8 Å². The summed E-state index contributed by atoms with van der Waals surface area (Å²) in [6.45, 7) is 4.56. The van der Waals surface area contributed by atoms with Crippen LogP contribution in [0, 0.1) is 0 Å². The molecular weight excluding hydrogens is 407 g/mol. The number of hydrogen-bond acceptors (Lipinski definition) is 4. The fraction of sp³-hybridized carbons (Fsp3) is 0.524. The molecule has 30 heavy (non-hydrogen) atoms. The van der Waals surface area contributed by atoms with Crippen LogP contribution in [0.25, 0.3) is 0 Å². The van der Waals surface area contributed by atoms with Crippen molar-refractivity contribution in [2.24, 2.45) is 4.36 Å². The number of urea groups is 1. The zero-order valence-corrected chi connectivity index (χ0v) is 18.0. The van der Waals surface area contributed by atoms with Crippen molar-refractivity contribution in [3.63, 3.8) is 0 Å². The molecule has 0 radical (unpaired) electrons. The molecule has 1 aromatic carbocycles. The Morgan fingerprint density at radius 2 is 2.23 bits per heavy atom. The zero-order chi connectivity index (χ0) is 21.0. The number of carbonyl (C=O) groups is 1. The summed E-state index contributed by atoms with van der Waals surface area (Å²) < 4.78 is 38.3. The van der Waals surface area contributed by atoms with Crippen LogP contribution in [0.1, 0.15) is 48.9 Å². The topological polar surface area (TPSA) is 85.6 Å². The van der Waals surface area contributed by atoms with E-state index in [1.807, 2.05) is 13.8 Å². The number of ether oxygens (including phenoxy) is 1. The minimum atomic E-state index is -2.36. The van der Waals surface area contributed by atoms with Crippen molar-refractivity contribution < 1.29 is 18.1 Å². The van der Waals surface area contributed by atoms with Crippen LogP contribution in [0.3, 0.4) is 0 Å². The number of hydrogen-bond donors (Lipinski definition) is 2. The second-order valence-electron chi connectivity index (χ2n) is 8.59. The molecule has 1 N–H and O–H groups in total. The van der Waals surface area contributed by atoms with E-state index >= 15 is 0 Å². The van der Waals surface area contributed by atoms with Gasteiger partial charge in [0.2, 0.25) is 5.88 Å². The molecule has 0 fully saturated rings. The lowest BCUT2D eigenvalue weighted by Gasteiger charge is -2.20. The summed E-state index contributed by atoms with van der Waals surface area (Å²) in [7, 11) is -2.36. The fourth-order valence-corrected chi connectivity index (χ4v) is 5.50. The molecule has 5 rings (SSSR count). The lowest BCUT2D eigenvalue weighted by atomic mass is 9.99. The Kier molecular flexibility index (Phi) is 4.61. The summed E-state index contributed by atoms with van der Waals surface area (Å²) in [5.74, 6) is 0.416. The Bertz CT molecular complexity index is 1140. The lowest BCUT2D eigenvalue weighted by molar-refractivity contribution is 0.105. The van der Waals surface area contributed by atoms with E-state index in [0.717, 1.165) is 42.4 Å². The van der Waals surface area contributed by atoms with E-state index in [9.17, 15) is 13.4 Å². The van der Waals surface area contributed by atoms with Crippen LogP contribution >= 0.6 is 0 Å². The molecule has 0 saturated heterocycles. The molecule has 0 spiro atoms. The van der Waals surface area contributed by atoms with Gasteiger partial charge < -0.3 is 10.1 Å². The van der Waals surface area contributed by atoms with E-state index in [-0.39, 0.29) is 0 Å². The number of fused-ring (bicyclic) bond motifs is 3. The molecule has 2 amide bonds. The smallest absolute Gasteiger partial charge is 0.353 e. The van der Waals surface area contributed by atoms with Gasteiger partial charge in [0.15, 0.2) is 0 Å². The largest absolute Gasteiger partial charge is 0.469 e. The normalized spacial score (nSPS) is 25.0. The van der Waals surface area contributed by atoms with Gasteiger partial charge in [0.25, 0.3) is 0 Å². The Morgan fingerprint density at radius 3 is 3.03 bits per heavy atom. The maximum Gasteiger partial charge on any atom is 0.353 e. The molecule has 2 heterocycles. The minimum Gasteiger partial charge on any atom is -0.469 e. The number of aromatic nitrogens is 2. The van der Waals surface area contributed by atoms with Gasteiger partial charge in [-0.05, 0) is 54.9 Å². The SMILES string of the molecule is CC[C@@]1(C)Cn2ncc([SH](=O)=NC(=O)Nc3c4c(cc5c3C[C@H](F)C5)CCC4)c2O1. The van der Waals surface area contributed by atoms with E-state index in [1.54, 1.807) is 4.68 Å². The Morgan fingerprint density at radius 1 is 1.40 bits per heavy atom. The van der Waals surface area contributed by atoms with E-state index in [0.29, 0.717) is 35.8 Å². The third kappa shape index (κ3) is 3.19. The minimum absolute atomic E-state index is 0.296. The first-order valence-electron chi connectivity index (χ1n) is 10.4. The van der Waals surface area contributed by atoms with Crippen LogP contribution in [0.15, 0.2) is 21.5 Å². The van der Waals surface area contributed by atoms with Gasteiger partial charge in [0.05, 0.1) is 23.3 Å². The number of carbonyl (C=O) groups excluding carboxylic acids is 1. The van der Waals surface area contributed by atoms with Crippen LogP contribution in [-0.2, 0) is 42.8 Å². The van der Waals surface area contributed by atoms with Crippen LogP contribution in [0.5, 0.6) is 5.88 Å². The van der Waals surface area contributed by atoms with Crippen molar-refractivity contribution in [3.05, 3.63) is 34.5 Å². The number of amides is 2. The second kappa shape index (κ2) is 7.08. The number of anilines is 1. The number of aryl methyl sites for hydroxylation is 1. The number of halogens is 1. The fourth-order valence-electron chi connectivity index (χ4n) is 4.70. The lowest BCUT2D eigenvalue weighted by Crippen LogP contribution is -2.30. The quantitative estimate of drug-likeness (QED) is 0.726. The molecule has 2 aliphatic carbocycles. The molecule has 0 saturated carbocycles. The first kappa shape index (κ1) is 19.5. The molecule has 1 aromatic heterocycles. The highest BCUT2D eigenvalue weighted by Gasteiger charge is 2.36. The van der Waals surface area contributed by atoms with Gasteiger partial charge in [-0.2, -0.15) is 5.10 Å². The summed E-state index contributed by atoms with van der Waals surface area (Å²) in [6.07, 6.45) is 4.78. The molecular formula is C21H25FN4O3S. The van der Waals surface area contributed by atoms with Gasteiger partial charge in [0, 0.05) is 18.5 Å². The molecule has 160 valence electrons. The summed E-state index contributed by atoms with van der Waals surface area (Å²) in [6, 6.07) is 1.40. The first-order chi connectivity index (χ1) is 14.4. The van der Waals surface area contributed by atoms with E-state index < -0.39 is 28.4 Å². The average molecular weight is 433 g/mol. The molecule has 9 heteroatoms. The van der Waals surface area contributed by atoms with Crippen molar-refractivity contribution in [2.75, 3.05) is 5.32 Å². The maximum absolute atomic E-state index is 14.0. The molecule has 1 aliphatic heterocycles. The third-order valence-corrected chi connectivity index (χ3v) is 7.52. The predicted molar refractivity (Wildman–Crippen MR) is 112 cm³/mol. The zero-order valence-electron chi connectivity index (χ0n) is 17.1. The van der Waals surface area contributed by atoms with Gasteiger partial charge in [-0.25, -0.2) is 18.1 Å². The van der Waals surface area contributed by atoms with Gasteiger partial charge in [0.1, 0.15) is 16.7 Å². The summed E-state index contributed by atoms with van der Waals surface area (Å²) >= 11 is 0. The number of benzene rings is 1. The van der Waals surface area contributed by atoms with E-state index in [2.05, 4.69) is 20.8 Å². The Balaban J connectivity index is 1.42. The first-order valence-corrected chi connectivity index (χ1v) is 11.6. The predicted octanol–water partition coefficient (Wildman–Crippen LogP) is 3.63. The highest BCUT2D eigenvalue weighted by Crippen LogP contribution is 2.39. The second-order valence-corrected chi connectivity index (χ2v) is 9.81. The molecule has 3 aliphatic rings. The third-order valence-electron chi connectivity index (χ3n) is 6.43. The summed E-state index contributed by atoms with van der Waals surface area (Å²) in [5.41, 5.74) is 4.33. The van der Waals surface area contributed by atoms with Crippen LogP contribution in [0.2, 0.25) is 0 Å². The number of rotatable bonds is 3. The van der Waals surface area contributed by atoms with Crippen LogP contribution < -0.4 is 10.1 Å². The summed E-state index contributed by atoms with van der Waals surface area (Å²) in [4.78, 5) is 13.0. The standard InChI is InChI=1S/C21H25FN4O3S/c1-3-21(2)11-26-19(29-21)17(10-23-26)30(28)25-20(27)24-18-15-6-4-5-12(15)7-13-8-14(22)9-16(13)18/h7,10,14,30H,3-6,8-9,11H2,1-2H3,(H,24,27)/t14-,21+/m1/s1.